The third kappa shape index (κ3) is 4.04. The highest BCUT2D eigenvalue weighted by molar-refractivity contribution is 8.63. The van der Waals surface area contributed by atoms with Gasteiger partial charge in [-0.1, -0.05) is 24.3 Å². The number of aryl methyl sites for hydroxylation is 1. The molecule has 2 rings (SSSR count). The van der Waals surface area contributed by atoms with Crippen LogP contribution in [0.3, 0.4) is 0 Å². The van der Waals surface area contributed by atoms with Crippen molar-refractivity contribution in [2.45, 2.75) is 24.4 Å². The van der Waals surface area contributed by atoms with Gasteiger partial charge in [-0.15, -0.1) is 0 Å². The Kier molecular flexibility index (Phi) is 4.58. The number of rotatable bonds is 3. The van der Waals surface area contributed by atoms with Gasteiger partial charge in [0.1, 0.15) is 0 Å². The predicted octanol–water partition coefficient (Wildman–Crippen LogP) is 4.22. The zero-order valence-electron chi connectivity index (χ0n) is 11.6. The first-order valence-electron chi connectivity index (χ1n) is 6.30. The second kappa shape index (κ2) is 5.96. The minimum atomic E-state index is -4.40. The lowest BCUT2D eigenvalue weighted by Crippen LogP contribution is -2.05. The third-order valence-corrected chi connectivity index (χ3v) is 4.75. The Morgan fingerprint density at radius 2 is 1.77 bits per heavy atom. The van der Waals surface area contributed by atoms with Crippen LogP contribution in [-0.4, -0.2) is 8.42 Å². The summed E-state index contributed by atoms with van der Waals surface area (Å²) in [5.41, 5.74) is 1.19. The van der Waals surface area contributed by atoms with E-state index in [0.29, 0.717) is 11.1 Å². The van der Waals surface area contributed by atoms with Gasteiger partial charge in [0, 0.05) is 0 Å². The van der Waals surface area contributed by atoms with E-state index in [1.54, 1.807) is 19.1 Å². The first-order valence-corrected chi connectivity index (χ1v) is 8.84. The van der Waals surface area contributed by atoms with Gasteiger partial charge in [-0.25, -0.2) is 8.42 Å². The molecule has 0 N–H and O–H groups in total. The van der Waals surface area contributed by atoms with Gasteiger partial charge in [-0.3, -0.25) is 0 Å². The molecule has 0 aliphatic rings. The molecule has 0 heterocycles. The predicted molar refractivity (Wildman–Crippen MR) is 81.6 cm³/mol. The van der Waals surface area contributed by atoms with Gasteiger partial charge in [0.2, 0.25) is 8.87 Å². The minimum Gasteiger partial charge on any atom is -0.212 e. The average molecular weight is 346 g/mol. The van der Waals surface area contributed by atoms with Crippen LogP contribution in [0.5, 0.6) is 0 Å². The van der Waals surface area contributed by atoms with Crippen molar-refractivity contribution in [3.63, 3.8) is 0 Å². The molecule has 2 aromatic carbocycles. The summed E-state index contributed by atoms with van der Waals surface area (Å²) in [6, 6.07) is 9.48. The molecule has 2 nitrogen and oxygen atoms in total. The minimum absolute atomic E-state index is 0.0309. The molecule has 0 unspecified atom stereocenters. The van der Waals surface area contributed by atoms with Gasteiger partial charge < -0.3 is 0 Å². The topological polar surface area (TPSA) is 34.1 Å². The van der Waals surface area contributed by atoms with Gasteiger partial charge in [0.25, 0.3) is 0 Å². The summed E-state index contributed by atoms with van der Waals surface area (Å²) in [7, 11) is -3.65. The second-order valence-corrected chi connectivity index (χ2v) is 7.80. The van der Waals surface area contributed by atoms with Crippen LogP contribution in [0.2, 0.25) is 0 Å². The zero-order chi connectivity index (χ0) is 16.5. The maximum absolute atomic E-state index is 12.7. The fraction of sp³-hybridized carbons (Fsp3) is 0.200. The molecule has 0 bridgehead atoms. The summed E-state index contributed by atoms with van der Waals surface area (Å²) in [6.07, 6.45) is -4.19. The first-order chi connectivity index (χ1) is 10.1. The molecule has 0 aliphatic heterocycles. The zero-order valence-corrected chi connectivity index (χ0v) is 13.3. The largest absolute Gasteiger partial charge is 0.416 e. The molecule has 0 saturated carbocycles. The summed E-state index contributed by atoms with van der Waals surface area (Å²) in [5.74, 6) is 0. The van der Waals surface area contributed by atoms with Crippen molar-refractivity contribution in [3.05, 3.63) is 64.7 Å². The van der Waals surface area contributed by atoms with E-state index in [9.17, 15) is 21.6 Å². The molecule has 0 fully saturated rings. The van der Waals surface area contributed by atoms with Crippen LogP contribution in [0.25, 0.3) is 0 Å². The van der Waals surface area contributed by atoms with Crippen LogP contribution in [0, 0.1) is 6.92 Å². The third-order valence-electron chi connectivity index (χ3n) is 3.27. The lowest BCUT2D eigenvalue weighted by atomic mass is 9.99. The van der Waals surface area contributed by atoms with Gasteiger partial charge in [0.15, 0.2) is 0 Å². The molecule has 118 valence electrons. The maximum atomic E-state index is 12.7. The van der Waals surface area contributed by atoms with Crippen molar-refractivity contribution in [2.24, 2.45) is 0 Å². The fourth-order valence-electron chi connectivity index (χ4n) is 2.08. The molecule has 0 aromatic heterocycles. The summed E-state index contributed by atoms with van der Waals surface area (Å²) in [5, 5.41) is 0. The highest BCUT2D eigenvalue weighted by atomic mass is 33.1. The smallest absolute Gasteiger partial charge is 0.212 e. The molecule has 2 aromatic rings. The molecule has 0 aliphatic carbocycles. The Hall–Kier alpha value is -1.47. The second-order valence-electron chi connectivity index (χ2n) is 4.94. The number of alkyl halides is 3. The van der Waals surface area contributed by atoms with Gasteiger partial charge in [-0.05, 0) is 59.9 Å². The quantitative estimate of drug-likeness (QED) is 0.667. The highest BCUT2D eigenvalue weighted by Gasteiger charge is 2.30. The molecule has 0 amide bonds. The molecule has 0 saturated heterocycles. The molecule has 7 heteroatoms. The normalized spacial score (nSPS) is 12.4. The van der Waals surface area contributed by atoms with E-state index in [4.69, 9.17) is 0 Å². The molecule has 22 heavy (non-hydrogen) atoms. The Labute approximate surface area is 131 Å². The summed E-state index contributed by atoms with van der Waals surface area (Å²) in [4.78, 5) is 0.0309. The fourth-order valence-corrected chi connectivity index (χ4v) is 2.95. The van der Waals surface area contributed by atoms with E-state index < -0.39 is 20.6 Å². The van der Waals surface area contributed by atoms with Crippen LogP contribution >= 0.6 is 11.7 Å². The number of benzene rings is 2. The first kappa shape index (κ1) is 16.9. The summed E-state index contributed by atoms with van der Waals surface area (Å²) < 4.78 is 61.1. The van der Waals surface area contributed by atoms with E-state index in [0.717, 1.165) is 17.7 Å². The highest BCUT2D eigenvalue weighted by Crippen LogP contribution is 2.30. The van der Waals surface area contributed by atoms with Crippen molar-refractivity contribution in [2.75, 3.05) is 0 Å². The van der Waals surface area contributed by atoms with Crippen LogP contribution < -0.4 is 0 Å². The van der Waals surface area contributed by atoms with Crippen molar-refractivity contribution in [1.29, 1.82) is 0 Å². The Balaban J connectivity index is 2.39. The van der Waals surface area contributed by atoms with Gasteiger partial charge in [0.05, 0.1) is 10.5 Å². The van der Waals surface area contributed by atoms with Crippen LogP contribution in [0.15, 0.2) is 47.4 Å². The van der Waals surface area contributed by atoms with Crippen LogP contribution in [0.1, 0.15) is 22.3 Å². The Morgan fingerprint density at radius 3 is 2.36 bits per heavy atom. The van der Waals surface area contributed by atoms with Crippen LogP contribution in [0.4, 0.5) is 13.2 Å². The maximum Gasteiger partial charge on any atom is 0.416 e. The summed E-state index contributed by atoms with van der Waals surface area (Å²) in [6.45, 7) is 1.78. The lowest BCUT2D eigenvalue weighted by Gasteiger charge is -2.11. The molecule has 0 atom stereocenters. The summed E-state index contributed by atoms with van der Waals surface area (Å²) >= 11 is 3.53. The van der Waals surface area contributed by atoms with Crippen molar-refractivity contribution in [3.8, 4) is 0 Å². The van der Waals surface area contributed by atoms with Crippen molar-refractivity contribution in [1.82, 2.24) is 0 Å². The SMILES string of the molecule is Cc1ccc(S(=O)(=O)S)cc1Cc1cccc(C(F)(F)F)c1. The van der Waals surface area contributed by atoms with E-state index in [-0.39, 0.29) is 11.3 Å². The number of halogens is 3. The standard InChI is InChI=1S/C15H13F3O2S2/c1-10-5-6-14(22(19,20)21)9-12(10)7-11-3-2-4-13(8-11)15(16,17)18/h2-6,8-9H,7H2,1H3,(H,19,20,21). The molecular weight excluding hydrogens is 333 g/mol. The van der Waals surface area contributed by atoms with Crippen molar-refractivity contribution < 1.29 is 21.6 Å². The average Bonchev–Trinajstić information content (AvgIpc) is 2.39. The van der Waals surface area contributed by atoms with Crippen molar-refractivity contribution >= 4 is 20.5 Å². The number of hydrogen-bond acceptors (Lipinski definition) is 2. The number of thiol groups is 1. The van der Waals surface area contributed by atoms with E-state index >= 15 is 0 Å². The van der Waals surface area contributed by atoms with Gasteiger partial charge in [-0.2, -0.15) is 13.2 Å². The van der Waals surface area contributed by atoms with Crippen LogP contribution in [-0.2, 0) is 21.5 Å². The Bertz CT molecular complexity index is 797. The molecular formula is C15H13F3O2S2. The Morgan fingerprint density at radius 1 is 1.09 bits per heavy atom. The molecule has 0 radical (unpaired) electrons. The number of hydrogen-bond donors (Lipinski definition) is 1. The molecule has 0 spiro atoms. The lowest BCUT2D eigenvalue weighted by molar-refractivity contribution is -0.137. The monoisotopic (exact) mass is 346 g/mol. The van der Waals surface area contributed by atoms with E-state index in [1.807, 2.05) is 0 Å². The van der Waals surface area contributed by atoms with E-state index in [1.165, 1.54) is 18.2 Å². The van der Waals surface area contributed by atoms with Gasteiger partial charge >= 0.3 is 6.18 Å². The van der Waals surface area contributed by atoms with E-state index in [2.05, 4.69) is 11.7 Å².